The highest BCUT2D eigenvalue weighted by atomic mass is 16.5. The van der Waals surface area contributed by atoms with Crippen LogP contribution in [-0.4, -0.2) is 13.1 Å². The van der Waals surface area contributed by atoms with Crippen molar-refractivity contribution in [2.45, 2.75) is 6.10 Å². The first kappa shape index (κ1) is 8.74. The van der Waals surface area contributed by atoms with Gasteiger partial charge in [-0.05, 0) is 5.56 Å². The number of rotatable bonds is 3. The van der Waals surface area contributed by atoms with Crippen molar-refractivity contribution in [2.75, 3.05) is 7.11 Å². The quantitative estimate of drug-likeness (QED) is 0.639. The highest BCUT2D eigenvalue weighted by molar-refractivity contribution is 5.72. The second-order valence-corrected chi connectivity index (χ2v) is 2.35. The van der Waals surface area contributed by atoms with Crippen LogP contribution in [0.3, 0.4) is 0 Å². The average Bonchev–Trinajstić information content (AvgIpc) is 2.07. The molecule has 0 radical (unpaired) electrons. The maximum absolute atomic E-state index is 10.5. The molecule has 1 rings (SSSR count). The summed E-state index contributed by atoms with van der Waals surface area (Å²) in [5, 5.41) is 10.5. The first-order chi connectivity index (χ1) is 5.75. The van der Waals surface area contributed by atoms with E-state index in [0.717, 1.165) is 0 Å². The molecule has 0 fully saturated rings. The monoisotopic (exact) mass is 165 g/mol. The maximum atomic E-state index is 10.5. The minimum atomic E-state index is -1.22. The van der Waals surface area contributed by atoms with E-state index < -0.39 is 12.1 Å². The Hall–Kier alpha value is -1.35. The lowest BCUT2D eigenvalue weighted by Crippen LogP contribution is -2.30. The molecular formula is C9H9O3-. The lowest BCUT2D eigenvalue weighted by Gasteiger charge is -2.15. The van der Waals surface area contributed by atoms with Gasteiger partial charge >= 0.3 is 0 Å². The molecule has 12 heavy (non-hydrogen) atoms. The van der Waals surface area contributed by atoms with Crippen molar-refractivity contribution in [3.63, 3.8) is 0 Å². The van der Waals surface area contributed by atoms with Crippen molar-refractivity contribution in [3.05, 3.63) is 35.9 Å². The molecule has 0 spiro atoms. The summed E-state index contributed by atoms with van der Waals surface area (Å²) in [6, 6.07) is 8.69. The van der Waals surface area contributed by atoms with Crippen molar-refractivity contribution in [3.8, 4) is 0 Å². The summed E-state index contributed by atoms with van der Waals surface area (Å²) in [5.41, 5.74) is 0.597. The predicted molar refractivity (Wildman–Crippen MR) is 41.2 cm³/mol. The van der Waals surface area contributed by atoms with Gasteiger partial charge < -0.3 is 14.6 Å². The maximum Gasteiger partial charge on any atom is 0.121 e. The van der Waals surface area contributed by atoms with Crippen LogP contribution in [0.2, 0.25) is 0 Å². The zero-order valence-corrected chi connectivity index (χ0v) is 6.69. The SMILES string of the molecule is CO[C@@H](C(=O)[O-])c1ccccc1. The van der Waals surface area contributed by atoms with Gasteiger partial charge in [-0.1, -0.05) is 30.3 Å². The molecule has 0 aliphatic rings. The number of aliphatic carboxylic acids is 1. The highest BCUT2D eigenvalue weighted by Gasteiger charge is 2.09. The van der Waals surface area contributed by atoms with Crippen molar-refractivity contribution >= 4 is 5.97 Å². The largest absolute Gasteiger partial charge is 0.547 e. The molecule has 1 atom stereocenters. The molecule has 0 unspecified atom stereocenters. The van der Waals surface area contributed by atoms with E-state index in [4.69, 9.17) is 4.74 Å². The second-order valence-electron chi connectivity index (χ2n) is 2.35. The van der Waals surface area contributed by atoms with E-state index in [1.807, 2.05) is 6.07 Å². The number of ether oxygens (including phenoxy) is 1. The summed E-state index contributed by atoms with van der Waals surface area (Å²) < 4.78 is 4.74. The third kappa shape index (κ3) is 1.83. The Morgan fingerprint density at radius 2 is 2.00 bits per heavy atom. The highest BCUT2D eigenvalue weighted by Crippen LogP contribution is 2.14. The van der Waals surface area contributed by atoms with Crippen molar-refractivity contribution < 1.29 is 14.6 Å². The number of hydrogen-bond donors (Lipinski definition) is 0. The molecule has 0 bridgehead atoms. The number of carbonyl (C=O) groups excluding carboxylic acids is 1. The van der Waals surface area contributed by atoms with Gasteiger partial charge in [-0.15, -0.1) is 0 Å². The number of carboxylic acid groups (broad SMARTS) is 1. The molecule has 64 valence electrons. The van der Waals surface area contributed by atoms with Crippen LogP contribution in [0.5, 0.6) is 0 Å². The smallest absolute Gasteiger partial charge is 0.121 e. The second kappa shape index (κ2) is 3.88. The van der Waals surface area contributed by atoms with Crippen molar-refractivity contribution in [2.24, 2.45) is 0 Å². The van der Waals surface area contributed by atoms with Gasteiger partial charge in [0, 0.05) is 7.11 Å². The van der Waals surface area contributed by atoms with E-state index in [1.54, 1.807) is 24.3 Å². The lowest BCUT2D eigenvalue weighted by atomic mass is 10.1. The fourth-order valence-electron chi connectivity index (χ4n) is 0.996. The minimum absolute atomic E-state index is 0.597. The van der Waals surface area contributed by atoms with Crippen LogP contribution in [-0.2, 0) is 9.53 Å². The van der Waals surface area contributed by atoms with E-state index in [1.165, 1.54) is 7.11 Å². The number of benzene rings is 1. The molecule has 1 aromatic rings. The van der Waals surface area contributed by atoms with Crippen LogP contribution in [0.4, 0.5) is 0 Å². The molecule has 3 heteroatoms. The number of carbonyl (C=O) groups is 1. The van der Waals surface area contributed by atoms with Gasteiger partial charge in [0.25, 0.3) is 0 Å². The summed E-state index contributed by atoms with van der Waals surface area (Å²) >= 11 is 0. The Balaban J connectivity index is 2.88. The Morgan fingerprint density at radius 1 is 1.42 bits per heavy atom. The summed E-state index contributed by atoms with van der Waals surface area (Å²) in [6.45, 7) is 0. The first-order valence-electron chi connectivity index (χ1n) is 3.54. The number of methoxy groups -OCH3 is 1. The molecule has 0 saturated carbocycles. The van der Waals surface area contributed by atoms with Crippen LogP contribution in [0.15, 0.2) is 30.3 Å². The fraction of sp³-hybridized carbons (Fsp3) is 0.222. The van der Waals surface area contributed by atoms with E-state index >= 15 is 0 Å². The van der Waals surface area contributed by atoms with Gasteiger partial charge in [-0.2, -0.15) is 0 Å². The Bertz CT molecular complexity index is 256. The van der Waals surface area contributed by atoms with Crippen molar-refractivity contribution in [1.82, 2.24) is 0 Å². The van der Waals surface area contributed by atoms with Gasteiger partial charge in [-0.25, -0.2) is 0 Å². The molecule has 0 aliphatic heterocycles. The van der Waals surface area contributed by atoms with E-state index in [0.29, 0.717) is 5.56 Å². The standard InChI is InChI=1S/C9H10O3/c1-12-8(9(10)11)7-5-3-2-4-6-7/h2-6,8H,1H3,(H,10,11)/p-1/t8-/m1/s1. The van der Waals surface area contributed by atoms with E-state index in [-0.39, 0.29) is 0 Å². The zero-order valence-electron chi connectivity index (χ0n) is 6.69. The topological polar surface area (TPSA) is 49.4 Å². The lowest BCUT2D eigenvalue weighted by molar-refractivity contribution is -0.316. The van der Waals surface area contributed by atoms with Gasteiger partial charge in [0.2, 0.25) is 0 Å². The summed E-state index contributed by atoms with van der Waals surface area (Å²) in [4.78, 5) is 10.5. The van der Waals surface area contributed by atoms with E-state index in [9.17, 15) is 9.90 Å². The Kier molecular flexibility index (Phi) is 2.82. The summed E-state index contributed by atoms with van der Waals surface area (Å²) in [5.74, 6) is -1.22. The molecule has 0 heterocycles. The molecule has 0 saturated heterocycles. The molecule has 0 N–H and O–H groups in total. The average molecular weight is 165 g/mol. The Morgan fingerprint density at radius 3 is 2.42 bits per heavy atom. The summed E-state index contributed by atoms with van der Waals surface area (Å²) in [6.07, 6.45) is -0.966. The van der Waals surface area contributed by atoms with Crippen LogP contribution < -0.4 is 5.11 Å². The van der Waals surface area contributed by atoms with Gasteiger partial charge in [0.1, 0.15) is 6.10 Å². The molecular weight excluding hydrogens is 156 g/mol. The van der Waals surface area contributed by atoms with Crippen LogP contribution >= 0.6 is 0 Å². The molecule has 0 aliphatic carbocycles. The van der Waals surface area contributed by atoms with E-state index in [2.05, 4.69) is 0 Å². The molecule has 0 aromatic heterocycles. The van der Waals surface area contributed by atoms with Crippen molar-refractivity contribution in [1.29, 1.82) is 0 Å². The Labute approximate surface area is 70.6 Å². The predicted octanol–water partition coefficient (Wildman–Crippen LogP) is 0.124. The third-order valence-corrected chi connectivity index (χ3v) is 1.55. The third-order valence-electron chi connectivity index (χ3n) is 1.55. The molecule has 3 nitrogen and oxygen atoms in total. The fourth-order valence-corrected chi connectivity index (χ4v) is 0.996. The number of hydrogen-bond acceptors (Lipinski definition) is 3. The van der Waals surface area contributed by atoms with Gasteiger partial charge in [0.05, 0.1) is 5.97 Å². The normalized spacial score (nSPS) is 12.4. The van der Waals surface area contributed by atoms with Crippen LogP contribution in [0.25, 0.3) is 0 Å². The van der Waals surface area contributed by atoms with Crippen LogP contribution in [0, 0.1) is 0 Å². The minimum Gasteiger partial charge on any atom is -0.547 e. The number of carboxylic acids is 1. The first-order valence-corrected chi connectivity index (χ1v) is 3.54. The molecule has 1 aromatic carbocycles. The van der Waals surface area contributed by atoms with Gasteiger partial charge in [-0.3, -0.25) is 0 Å². The molecule has 0 amide bonds. The summed E-state index contributed by atoms with van der Waals surface area (Å²) in [7, 11) is 1.34. The van der Waals surface area contributed by atoms with Crippen LogP contribution in [0.1, 0.15) is 11.7 Å². The zero-order chi connectivity index (χ0) is 8.97. The van der Waals surface area contributed by atoms with Gasteiger partial charge in [0.15, 0.2) is 0 Å².